The van der Waals surface area contributed by atoms with Crippen LogP contribution in [0.1, 0.15) is 219 Å². The van der Waals surface area contributed by atoms with Gasteiger partial charge in [-0.15, -0.1) is 0 Å². The highest BCUT2D eigenvalue weighted by molar-refractivity contribution is 5.76. The van der Waals surface area contributed by atoms with Crippen LogP contribution in [-0.2, 0) is 14.3 Å². The number of unbranched alkanes of at least 4 members (excludes halogenated alkanes) is 26. The molecule has 61 heavy (non-hydrogen) atoms. The van der Waals surface area contributed by atoms with Gasteiger partial charge >= 0.3 is 0 Å². The van der Waals surface area contributed by atoms with Crippen LogP contribution in [0.5, 0.6) is 0 Å². The minimum atomic E-state index is -1.58. The third-order valence-corrected chi connectivity index (χ3v) is 11.9. The molecule has 1 amide bonds. The predicted molar refractivity (Wildman–Crippen MR) is 253 cm³/mol. The lowest BCUT2D eigenvalue weighted by atomic mass is 9.99. The Morgan fingerprint density at radius 1 is 0.541 bits per heavy atom. The SMILES string of the molecule is CCCCCCCCC/C=C/CC/C=C/CC/C=C/C(O)C(COC1OC(CO)C(O)C(O)C1O)NC(=O)CCCCCCCCC/C=C\CCCCCCCCCCCC. The highest BCUT2D eigenvalue weighted by Gasteiger charge is 2.44. The number of carbonyl (C=O) groups is 1. The van der Waals surface area contributed by atoms with E-state index in [1.807, 2.05) is 6.08 Å². The van der Waals surface area contributed by atoms with Gasteiger partial charge in [0.25, 0.3) is 0 Å². The van der Waals surface area contributed by atoms with Gasteiger partial charge in [-0.2, -0.15) is 0 Å². The summed E-state index contributed by atoms with van der Waals surface area (Å²) in [6, 6.07) is -0.830. The highest BCUT2D eigenvalue weighted by Crippen LogP contribution is 2.22. The number of aliphatic hydroxyl groups is 5. The van der Waals surface area contributed by atoms with Gasteiger partial charge < -0.3 is 40.3 Å². The number of amides is 1. The van der Waals surface area contributed by atoms with Crippen molar-refractivity contribution in [3.05, 3.63) is 48.6 Å². The lowest BCUT2D eigenvalue weighted by Gasteiger charge is -2.40. The fourth-order valence-electron chi connectivity index (χ4n) is 7.77. The lowest BCUT2D eigenvalue weighted by Crippen LogP contribution is -2.60. The molecule has 0 aromatic carbocycles. The van der Waals surface area contributed by atoms with Gasteiger partial charge in [-0.05, 0) is 70.6 Å². The Labute approximate surface area is 373 Å². The fraction of sp³-hybridized carbons (Fsp3) is 0.827. The van der Waals surface area contributed by atoms with E-state index in [1.165, 1.54) is 135 Å². The van der Waals surface area contributed by atoms with E-state index in [0.717, 1.165) is 64.2 Å². The molecule has 6 N–H and O–H groups in total. The first-order valence-electron chi connectivity index (χ1n) is 25.4. The number of aliphatic hydroxyl groups excluding tert-OH is 5. The standard InChI is InChI=1S/C52H95NO8/c1-3-5-7-9-11-13-15-17-19-21-22-23-24-26-28-30-32-34-36-38-40-42-48(56)53-45(44-60-52-51(59)50(58)49(57)47(43-54)61-52)46(55)41-39-37-35-33-31-29-27-25-20-18-16-14-12-10-8-6-4-2/h20,23-25,31,33,39,41,45-47,49-52,54-55,57-59H,3-19,21-22,26-30,32,34-38,40,42-44H2,1-2H3,(H,53,56)/b24-23-,25-20+,33-31+,41-39+. The molecule has 1 heterocycles. The summed E-state index contributed by atoms with van der Waals surface area (Å²) in [5.74, 6) is -0.196. The summed E-state index contributed by atoms with van der Waals surface area (Å²) in [4.78, 5) is 13.0. The Morgan fingerprint density at radius 2 is 0.934 bits per heavy atom. The summed E-state index contributed by atoms with van der Waals surface area (Å²) < 4.78 is 11.2. The van der Waals surface area contributed by atoms with Crippen molar-refractivity contribution in [2.45, 2.75) is 262 Å². The van der Waals surface area contributed by atoms with Crippen LogP contribution in [0.4, 0.5) is 0 Å². The molecule has 0 aliphatic carbocycles. The van der Waals surface area contributed by atoms with E-state index in [0.29, 0.717) is 6.42 Å². The van der Waals surface area contributed by atoms with Gasteiger partial charge in [0, 0.05) is 6.42 Å². The second-order valence-electron chi connectivity index (χ2n) is 17.6. The van der Waals surface area contributed by atoms with E-state index in [9.17, 15) is 30.3 Å². The molecular weight excluding hydrogens is 767 g/mol. The van der Waals surface area contributed by atoms with Gasteiger partial charge in [0.05, 0.1) is 25.4 Å². The number of hydrogen-bond donors (Lipinski definition) is 6. The van der Waals surface area contributed by atoms with Crippen LogP contribution >= 0.6 is 0 Å². The molecule has 0 saturated carbocycles. The quantitative estimate of drug-likeness (QED) is 0.0262. The van der Waals surface area contributed by atoms with Gasteiger partial charge in [0.2, 0.25) is 5.91 Å². The maximum atomic E-state index is 13.0. The third-order valence-electron chi connectivity index (χ3n) is 11.9. The number of nitrogens with one attached hydrogen (secondary N) is 1. The number of carbonyl (C=O) groups excluding carboxylic acids is 1. The van der Waals surface area contributed by atoms with Crippen molar-refractivity contribution < 1.29 is 39.8 Å². The van der Waals surface area contributed by atoms with Crippen LogP contribution in [0, 0.1) is 0 Å². The smallest absolute Gasteiger partial charge is 0.220 e. The number of rotatable bonds is 42. The van der Waals surface area contributed by atoms with E-state index in [2.05, 4.69) is 55.6 Å². The molecule has 1 rings (SSSR count). The van der Waals surface area contributed by atoms with Crippen LogP contribution in [0.3, 0.4) is 0 Å². The molecule has 1 aliphatic rings. The topological polar surface area (TPSA) is 149 Å². The largest absolute Gasteiger partial charge is 0.394 e. The van der Waals surface area contributed by atoms with E-state index in [-0.39, 0.29) is 12.5 Å². The van der Waals surface area contributed by atoms with Crippen molar-refractivity contribution in [2.75, 3.05) is 13.2 Å². The van der Waals surface area contributed by atoms with E-state index < -0.39 is 49.5 Å². The first-order valence-corrected chi connectivity index (χ1v) is 25.4. The van der Waals surface area contributed by atoms with Crippen LogP contribution in [0.15, 0.2) is 48.6 Å². The zero-order valence-electron chi connectivity index (χ0n) is 39.2. The molecule has 7 atom stereocenters. The first kappa shape index (κ1) is 57.2. The molecule has 0 bridgehead atoms. The zero-order valence-corrected chi connectivity index (χ0v) is 39.2. The molecular formula is C52H95NO8. The Hall–Kier alpha value is -1.85. The molecule has 1 fully saturated rings. The second-order valence-corrected chi connectivity index (χ2v) is 17.6. The van der Waals surface area contributed by atoms with Gasteiger partial charge in [-0.3, -0.25) is 4.79 Å². The molecule has 9 nitrogen and oxygen atoms in total. The van der Waals surface area contributed by atoms with Crippen LogP contribution in [0.2, 0.25) is 0 Å². The van der Waals surface area contributed by atoms with Gasteiger partial charge in [-0.25, -0.2) is 0 Å². The van der Waals surface area contributed by atoms with Crippen molar-refractivity contribution in [3.63, 3.8) is 0 Å². The highest BCUT2D eigenvalue weighted by atomic mass is 16.7. The second kappa shape index (κ2) is 42.1. The maximum absolute atomic E-state index is 13.0. The molecule has 0 spiro atoms. The summed E-state index contributed by atoms with van der Waals surface area (Å²) in [6.45, 7) is 3.75. The Balaban J connectivity index is 2.34. The average molecular weight is 862 g/mol. The lowest BCUT2D eigenvalue weighted by molar-refractivity contribution is -0.302. The molecule has 1 aliphatic heterocycles. The van der Waals surface area contributed by atoms with Crippen LogP contribution in [-0.4, -0.2) is 87.5 Å². The average Bonchev–Trinajstić information content (AvgIpc) is 3.26. The van der Waals surface area contributed by atoms with E-state index >= 15 is 0 Å². The van der Waals surface area contributed by atoms with Gasteiger partial charge in [0.15, 0.2) is 6.29 Å². The minimum absolute atomic E-state index is 0.196. The normalized spacial score (nSPS) is 20.8. The molecule has 7 unspecified atom stereocenters. The third kappa shape index (κ3) is 32.5. The number of allylic oxidation sites excluding steroid dienone is 7. The van der Waals surface area contributed by atoms with Gasteiger partial charge in [0.1, 0.15) is 24.4 Å². The van der Waals surface area contributed by atoms with Crippen LogP contribution in [0.25, 0.3) is 0 Å². The molecule has 0 aromatic rings. The van der Waals surface area contributed by atoms with Crippen molar-refractivity contribution >= 4 is 5.91 Å². The minimum Gasteiger partial charge on any atom is -0.394 e. The Kier molecular flexibility index (Phi) is 39.5. The maximum Gasteiger partial charge on any atom is 0.220 e. The summed E-state index contributed by atoms with van der Waals surface area (Å²) in [6.07, 6.45) is 47.3. The molecule has 0 radical (unpaired) electrons. The molecule has 0 aromatic heterocycles. The molecule has 9 heteroatoms. The van der Waals surface area contributed by atoms with Crippen molar-refractivity contribution in [2.24, 2.45) is 0 Å². The number of ether oxygens (including phenoxy) is 2. The van der Waals surface area contributed by atoms with Crippen molar-refractivity contribution in [1.82, 2.24) is 5.32 Å². The Bertz CT molecular complexity index is 1090. The first-order chi connectivity index (χ1) is 29.8. The zero-order chi connectivity index (χ0) is 44.4. The molecule has 1 saturated heterocycles. The predicted octanol–water partition coefficient (Wildman–Crippen LogP) is 11.4. The summed E-state index contributed by atoms with van der Waals surface area (Å²) in [5.41, 5.74) is 0. The van der Waals surface area contributed by atoms with Crippen molar-refractivity contribution in [3.8, 4) is 0 Å². The summed E-state index contributed by atoms with van der Waals surface area (Å²) >= 11 is 0. The molecule has 356 valence electrons. The van der Waals surface area contributed by atoms with E-state index in [4.69, 9.17) is 9.47 Å². The monoisotopic (exact) mass is 862 g/mol. The van der Waals surface area contributed by atoms with E-state index in [1.54, 1.807) is 6.08 Å². The number of hydrogen-bond acceptors (Lipinski definition) is 8. The fourth-order valence-corrected chi connectivity index (χ4v) is 7.77. The summed E-state index contributed by atoms with van der Waals surface area (Å²) in [7, 11) is 0. The van der Waals surface area contributed by atoms with Gasteiger partial charge in [-0.1, -0.05) is 191 Å². The van der Waals surface area contributed by atoms with Crippen LogP contribution < -0.4 is 5.32 Å². The Morgan fingerprint density at radius 3 is 1.38 bits per heavy atom. The van der Waals surface area contributed by atoms with Crippen molar-refractivity contribution in [1.29, 1.82) is 0 Å². The summed E-state index contributed by atoms with van der Waals surface area (Å²) in [5, 5.41) is 54.3.